The quantitative estimate of drug-likeness (QED) is 0.903. The highest BCUT2D eigenvalue weighted by Gasteiger charge is 2.01. The van der Waals surface area contributed by atoms with Gasteiger partial charge >= 0.3 is 0 Å². The third-order valence-corrected chi connectivity index (χ3v) is 3.31. The minimum Gasteiger partial charge on any atom is -0.389 e. The Bertz CT molecular complexity index is 471. The molecule has 0 radical (unpaired) electrons. The van der Waals surface area contributed by atoms with E-state index in [2.05, 4.69) is 52.3 Å². The van der Waals surface area contributed by atoms with Crippen molar-refractivity contribution in [1.29, 1.82) is 0 Å². The Morgan fingerprint density at radius 2 is 1.41 bits per heavy atom. The number of hydrogen-bond donors (Lipinski definition) is 1. The van der Waals surface area contributed by atoms with Gasteiger partial charge in [-0.25, -0.2) is 0 Å². The molecule has 0 bridgehead atoms. The first-order chi connectivity index (χ1) is 8.15. The maximum atomic E-state index is 9.43. The molecule has 0 saturated heterocycles. The fourth-order valence-corrected chi connectivity index (χ4v) is 2.02. The van der Waals surface area contributed by atoms with Crippen molar-refractivity contribution in [1.82, 2.24) is 0 Å². The zero-order valence-electron chi connectivity index (χ0n) is 9.73. The summed E-state index contributed by atoms with van der Waals surface area (Å²) in [5.74, 6) is 0. The van der Waals surface area contributed by atoms with Crippen LogP contribution >= 0.6 is 15.9 Å². The molecule has 0 amide bonds. The Labute approximate surface area is 110 Å². The van der Waals surface area contributed by atoms with E-state index in [4.69, 9.17) is 0 Å². The van der Waals surface area contributed by atoms with Gasteiger partial charge < -0.3 is 5.11 Å². The lowest BCUT2D eigenvalue weighted by Gasteiger charge is -2.06. The molecule has 0 spiro atoms. The number of rotatable bonds is 3. The van der Waals surface area contributed by atoms with Crippen molar-refractivity contribution in [3.8, 4) is 0 Å². The second kappa shape index (κ2) is 5.48. The van der Waals surface area contributed by atoms with Gasteiger partial charge in [0, 0.05) is 4.47 Å². The molecule has 2 heteroatoms. The lowest BCUT2D eigenvalue weighted by atomic mass is 10.0. The molecule has 1 N–H and O–H groups in total. The molecule has 2 aromatic carbocycles. The molecule has 2 aromatic rings. The van der Waals surface area contributed by atoms with Gasteiger partial charge in [0.1, 0.15) is 0 Å². The lowest BCUT2D eigenvalue weighted by molar-refractivity contribution is 0.199. The van der Waals surface area contributed by atoms with Gasteiger partial charge in [0.2, 0.25) is 0 Å². The minimum absolute atomic E-state index is 0.392. The first kappa shape index (κ1) is 12.3. The zero-order chi connectivity index (χ0) is 12.3. The summed E-state index contributed by atoms with van der Waals surface area (Å²) in [6, 6.07) is 16.5. The number of aliphatic hydroxyl groups excluding tert-OH is 1. The highest BCUT2D eigenvalue weighted by molar-refractivity contribution is 9.10. The van der Waals surface area contributed by atoms with Crippen LogP contribution in [0.15, 0.2) is 53.0 Å². The Kier molecular flexibility index (Phi) is 3.97. The average Bonchev–Trinajstić information content (AvgIpc) is 2.33. The largest absolute Gasteiger partial charge is 0.389 e. The van der Waals surface area contributed by atoms with Crippen LogP contribution in [0.4, 0.5) is 0 Å². The van der Waals surface area contributed by atoms with E-state index in [9.17, 15) is 5.11 Å². The van der Waals surface area contributed by atoms with Crippen molar-refractivity contribution in [2.45, 2.75) is 19.4 Å². The van der Waals surface area contributed by atoms with Crippen molar-refractivity contribution < 1.29 is 5.11 Å². The highest BCUT2D eigenvalue weighted by Crippen LogP contribution is 2.17. The van der Waals surface area contributed by atoms with E-state index in [0.717, 1.165) is 16.5 Å². The van der Waals surface area contributed by atoms with E-state index in [-0.39, 0.29) is 0 Å². The van der Waals surface area contributed by atoms with Gasteiger partial charge in [0.05, 0.1) is 6.10 Å². The van der Waals surface area contributed by atoms with Crippen LogP contribution in [0.1, 0.15) is 29.7 Å². The van der Waals surface area contributed by atoms with Crippen molar-refractivity contribution in [2.75, 3.05) is 0 Å². The van der Waals surface area contributed by atoms with Gasteiger partial charge in [-0.15, -0.1) is 0 Å². The normalized spacial score (nSPS) is 12.4. The summed E-state index contributed by atoms with van der Waals surface area (Å²) in [6.45, 7) is 1.78. The minimum atomic E-state index is -0.392. The second-order valence-corrected chi connectivity index (χ2v) is 5.14. The van der Waals surface area contributed by atoms with Gasteiger partial charge in [0.25, 0.3) is 0 Å². The zero-order valence-corrected chi connectivity index (χ0v) is 11.3. The second-order valence-electron chi connectivity index (χ2n) is 4.22. The standard InChI is InChI=1S/C15H15BrO/c1-11(17)14-6-2-12(3-7-14)10-13-4-8-15(16)9-5-13/h2-9,11,17H,10H2,1H3. The molecule has 1 nitrogen and oxygen atoms in total. The molecule has 0 aliphatic carbocycles. The van der Waals surface area contributed by atoms with Crippen LogP contribution in [0.3, 0.4) is 0 Å². The summed E-state index contributed by atoms with van der Waals surface area (Å²) in [5, 5.41) is 9.43. The van der Waals surface area contributed by atoms with E-state index < -0.39 is 6.10 Å². The van der Waals surface area contributed by atoms with Crippen molar-refractivity contribution in [3.05, 3.63) is 69.7 Å². The number of aliphatic hydroxyl groups is 1. The van der Waals surface area contributed by atoms with Crippen molar-refractivity contribution in [3.63, 3.8) is 0 Å². The maximum absolute atomic E-state index is 9.43. The summed E-state index contributed by atoms with van der Waals surface area (Å²) in [6.07, 6.45) is 0.532. The Balaban J connectivity index is 2.11. The Hall–Kier alpha value is -1.12. The topological polar surface area (TPSA) is 20.2 Å². The molecule has 88 valence electrons. The van der Waals surface area contributed by atoms with Crippen LogP contribution in [-0.4, -0.2) is 5.11 Å². The molecule has 0 heterocycles. The SMILES string of the molecule is CC(O)c1ccc(Cc2ccc(Br)cc2)cc1. The predicted octanol–water partition coefficient (Wildman–Crippen LogP) is 4.09. The van der Waals surface area contributed by atoms with Gasteiger partial charge in [-0.1, -0.05) is 52.3 Å². The summed E-state index contributed by atoms with van der Waals surface area (Å²) < 4.78 is 1.10. The number of hydrogen-bond acceptors (Lipinski definition) is 1. The van der Waals surface area contributed by atoms with Crippen molar-refractivity contribution in [2.24, 2.45) is 0 Å². The van der Waals surface area contributed by atoms with Crippen LogP contribution < -0.4 is 0 Å². The Morgan fingerprint density at radius 1 is 0.941 bits per heavy atom. The molecule has 0 aliphatic rings. The molecule has 0 saturated carbocycles. The van der Waals surface area contributed by atoms with Crippen LogP contribution in [0, 0.1) is 0 Å². The molecule has 17 heavy (non-hydrogen) atoms. The summed E-state index contributed by atoms with van der Waals surface area (Å²) in [7, 11) is 0. The first-order valence-electron chi connectivity index (χ1n) is 5.66. The van der Waals surface area contributed by atoms with Crippen LogP contribution in [0.5, 0.6) is 0 Å². The van der Waals surface area contributed by atoms with Gasteiger partial charge in [-0.05, 0) is 42.2 Å². The van der Waals surface area contributed by atoms with Crippen molar-refractivity contribution >= 4 is 15.9 Å². The molecule has 0 fully saturated rings. The molecule has 1 unspecified atom stereocenters. The summed E-state index contributed by atoms with van der Waals surface area (Å²) >= 11 is 3.43. The van der Waals surface area contributed by atoms with E-state index in [1.54, 1.807) is 6.92 Å². The van der Waals surface area contributed by atoms with Crippen LogP contribution in [0.2, 0.25) is 0 Å². The van der Waals surface area contributed by atoms with E-state index >= 15 is 0 Å². The van der Waals surface area contributed by atoms with E-state index in [0.29, 0.717) is 0 Å². The average molecular weight is 291 g/mol. The monoisotopic (exact) mass is 290 g/mol. The third kappa shape index (κ3) is 3.42. The van der Waals surface area contributed by atoms with Gasteiger partial charge in [-0.3, -0.25) is 0 Å². The predicted molar refractivity (Wildman–Crippen MR) is 74.0 cm³/mol. The fraction of sp³-hybridized carbons (Fsp3) is 0.200. The smallest absolute Gasteiger partial charge is 0.0761 e. The summed E-state index contributed by atoms with van der Waals surface area (Å²) in [5.41, 5.74) is 3.51. The molecular formula is C15H15BrO. The molecule has 0 aromatic heterocycles. The summed E-state index contributed by atoms with van der Waals surface area (Å²) in [4.78, 5) is 0. The highest BCUT2D eigenvalue weighted by atomic mass is 79.9. The molecule has 1 atom stereocenters. The lowest BCUT2D eigenvalue weighted by Crippen LogP contribution is -1.92. The van der Waals surface area contributed by atoms with E-state index in [1.165, 1.54) is 11.1 Å². The maximum Gasteiger partial charge on any atom is 0.0761 e. The van der Waals surface area contributed by atoms with Gasteiger partial charge in [-0.2, -0.15) is 0 Å². The van der Waals surface area contributed by atoms with Crippen LogP contribution in [-0.2, 0) is 6.42 Å². The fourth-order valence-electron chi connectivity index (χ4n) is 1.75. The number of benzene rings is 2. The first-order valence-corrected chi connectivity index (χ1v) is 6.46. The third-order valence-electron chi connectivity index (χ3n) is 2.78. The molecule has 0 aliphatic heterocycles. The molecular weight excluding hydrogens is 276 g/mol. The Morgan fingerprint density at radius 3 is 1.88 bits per heavy atom. The number of halogens is 1. The van der Waals surface area contributed by atoms with Gasteiger partial charge in [0.15, 0.2) is 0 Å². The molecule has 2 rings (SSSR count). The van der Waals surface area contributed by atoms with Crippen LogP contribution in [0.25, 0.3) is 0 Å². The van der Waals surface area contributed by atoms with E-state index in [1.807, 2.05) is 12.1 Å².